The van der Waals surface area contributed by atoms with Crippen LogP contribution < -0.4 is 0 Å². The van der Waals surface area contributed by atoms with E-state index >= 15 is 0 Å². The molecule has 1 heterocycles. The van der Waals surface area contributed by atoms with Crippen molar-refractivity contribution in [3.8, 4) is 0 Å². The zero-order valence-electron chi connectivity index (χ0n) is 11.6. The van der Waals surface area contributed by atoms with E-state index in [0.29, 0.717) is 12.5 Å². The van der Waals surface area contributed by atoms with Crippen LogP contribution >= 0.6 is 0 Å². The summed E-state index contributed by atoms with van der Waals surface area (Å²) in [7, 11) is -3.84. The molecule has 2 rings (SSSR count). The molecule has 0 unspecified atom stereocenters. The van der Waals surface area contributed by atoms with Crippen LogP contribution in [0.25, 0.3) is 0 Å². The number of hydrogen-bond donors (Lipinski definition) is 0. The topological polar surface area (TPSA) is 61.2 Å². The van der Waals surface area contributed by atoms with E-state index in [1.807, 2.05) is 44.2 Å². The number of rotatable bonds is 6. The third kappa shape index (κ3) is 3.68. The Balaban J connectivity index is 2.13. The van der Waals surface area contributed by atoms with Crippen LogP contribution in [-0.4, -0.2) is 18.0 Å². The Labute approximate surface area is 119 Å². The van der Waals surface area contributed by atoms with Gasteiger partial charge in [0.15, 0.2) is 0 Å². The molecule has 0 aliphatic carbocycles. The van der Waals surface area contributed by atoms with Crippen molar-refractivity contribution >= 4 is 10.1 Å². The predicted octanol–water partition coefficient (Wildman–Crippen LogP) is 2.44. The molecule has 0 aliphatic rings. The van der Waals surface area contributed by atoms with Crippen molar-refractivity contribution in [1.29, 1.82) is 0 Å². The summed E-state index contributed by atoms with van der Waals surface area (Å²) in [6.07, 6.45) is 3.12. The van der Waals surface area contributed by atoms with Gasteiger partial charge in [-0.2, -0.15) is 8.42 Å². The fourth-order valence-corrected chi connectivity index (χ4v) is 2.84. The van der Waals surface area contributed by atoms with Gasteiger partial charge in [0.2, 0.25) is 0 Å². The average molecular weight is 294 g/mol. The molecule has 6 heteroatoms. The van der Waals surface area contributed by atoms with Crippen LogP contribution in [0.1, 0.15) is 19.4 Å². The van der Waals surface area contributed by atoms with Crippen molar-refractivity contribution in [2.45, 2.75) is 32.2 Å². The van der Waals surface area contributed by atoms with Crippen molar-refractivity contribution in [3.05, 3.63) is 48.3 Å². The highest BCUT2D eigenvalue weighted by Crippen LogP contribution is 2.14. The van der Waals surface area contributed by atoms with Gasteiger partial charge in [-0.1, -0.05) is 44.2 Å². The van der Waals surface area contributed by atoms with Gasteiger partial charge in [0.05, 0.1) is 6.61 Å². The van der Waals surface area contributed by atoms with Crippen molar-refractivity contribution in [1.82, 2.24) is 9.55 Å². The quantitative estimate of drug-likeness (QED) is 0.768. The second-order valence-corrected chi connectivity index (χ2v) is 6.47. The van der Waals surface area contributed by atoms with Gasteiger partial charge in [0.25, 0.3) is 5.16 Å². The second-order valence-electron chi connectivity index (χ2n) is 4.96. The molecule has 20 heavy (non-hydrogen) atoms. The Kier molecular flexibility index (Phi) is 4.57. The lowest BCUT2D eigenvalue weighted by atomic mass is 10.2. The monoisotopic (exact) mass is 294 g/mol. The average Bonchev–Trinajstić information content (AvgIpc) is 2.86. The van der Waals surface area contributed by atoms with Gasteiger partial charge in [-0.3, -0.25) is 4.18 Å². The van der Waals surface area contributed by atoms with Crippen LogP contribution in [0.3, 0.4) is 0 Å². The molecule has 0 bridgehead atoms. The maximum atomic E-state index is 12.2. The standard InChI is InChI=1S/C14H18N2O3S/c1-12(2)10-16-9-8-15-14(16)20(17,18)19-11-13-6-4-3-5-7-13/h3-9,12H,10-11H2,1-2H3. The summed E-state index contributed by atoms with van der Waals surface area (Å²) in [4.78, 5) is 3.90. The predicted molar refractivity (Wildman–Crippen MR) is 75.5 cm³/mol. The molecule has 108 valence electrons. The van der Waals surface area contributed by atoms with Crippen LogP contribution in [0.5, 0.6) is 0 Å². The van der Waals surface area contributed by atoms with Crippen LogP contribution in [0.2, 0.25) is 0 Å². The smallest absolute Gasteiger partial charge is 0.320 e. The van der Waals surface area contributed by atoms with Gasteiger partial charge < -0.3 is 4.57 Å². The Morgan fingerprint density at radius 1 is 1.25 bits per heavy atom. The third-order valence-electron chi connectivity index (χ3n) is 2.69. The normalized spacial score (nSPS) is 11.9. The number of nitrogens with zero attached hydrogens (tertiary/aromatic N) is 2. The zero-order valence-corrected chi connectivity index (χ0v) is 12.4. The van der Waals surface area contributed by atoms with Crippen molar-refractivity contribution < 1.29 is 12.6 Å². The zero-order chi connectivity index (χ0) is 14.6. The summed E-state index contributed by atoms with van der Waals surface area (Å²) in [6, 6.07) is 9.18. The molecule has 5 nitrogen and oxygen atoms in total. The van der Waals surface area contributed by atoms with Gasteiger partial charge in [-0.05, 0) is 11.5 Å². The van der Waals surface area contributed by atoms with E-state index < -0.39 is 10.1 Å². The molecule has 0 spiro atoms. The largest absolute Gasteiger partial charge is 0.331 e. The molecular formula is C14H18N2O3S. The minimum Gasteiger partial charge on any atom is -0.320 e. The molecule has 1 aromatic carbocycles. The lowest BCUT2D eigenvalue weighted by molar-refractivity contribution is 0.300. The summed E-state index contributed by atoms with van der Waals surface area (Å²) < 4.78 is 31.0. The van der Waals surface area contributed by atoms with Gasteiger partial charge in [0, 0.05) is 18.9 Å². The number of aromatic nitrogens is 2. The Morgan fingerprint density at radius 2 is 1.95 bits per heavy atom. The van der Waals surface area contributed by atoms with E-state index in [1.165, 1.54) is 6.20 Å². The van der Waals surface area contributed by atoms with Crippen molar-refractivity contribution in [3.63, 3.8) is 0 Å². The SMILES string of the molecule is CC(C)Cn1ccnc1S(=O)(=O)OCc1ccccc1. The molecule has 0 amide bonds. The lowest BCUT2D eigenvalue weighted by Gasteiger charge is -2.10. The summed E-state index contributed by atoms with van der Waals surface area (Å²) >= 11 is 0. The maximum absolute atomic E-state index is 12.2. The molecule has 0 radical (unpaired) electrons. The molecule has 1 aromatic heterocycles. The summed E-state index contributed by atoms with van der Waals surface area (Å²) in [5.74, 6) is 0.326. The van der Waals surface area contributed by atoms with Crippen molar-refractivity contribution in [2.24, 2.45) is 5.92 Å². The first-order chi connectivity index (χ1) is 9.49. The first-order valence-electron chi connectivity index (χ1n) is 6.43. The molecular weight excluding hydrogens is 276 g/mol. The summed E-state index contributed by atoms with van der Waals surface area (Å²) in [5.41, 5.74) is 0.804. The van der Waals surface area contributed by atoms with Crippen LogP contribution in [-0.2, 0) is 27.5 Å². The van der Waals surface area contributed by atoms with E-state index in [-0.39, 0.29) is 11.8 Å². The summed E-state index contributed by atoms with van der Waals surface area (Å²) in [5, 5.41) is -0.0397. The third-order valence-corrected chi connectivity index (χ3v) is 3.90. The molecule has 0 atom stereocenters. The van der Waals surface area contributed by atoms with Gasteiger partial charge >= 0.3 is 10.1 Å². The Bertz CT molecular complexity index is 648. The highest BCUT2D eigenvalue weighted by atomic mass is 32.2. The van der Waals surface area contributed by atoms with Gasteiger partial charge in [-0.25, -0.2) is 4.98 Å². The second kappa shape index (κ2) is 6.19. The molecule has 2 aromatic rings. The highest BCUT2D eigenvalue weighted by molar-refractivity contribution is 7.86. The van der Waals surface area contributed by atoms with E-state index in [9.17, 15) is 8.42 Å². The number of benzene rings is 1. The molecule has 0 aliphatic heterocycles. The molecule has 0 saturated heterocycles. The van der Waals surface area contributed by atoms with E-state index in [0.717, 1.165) is 5.56 Å². The van der Waals surface area contributed by atoms with Gasteiger partial charge in [0.1, 0.15) is 0 Å². The number of hydrogen-bond acceptors (Lipinski definition) is 4. The van der Waals surface area contributed by atoms with Crippen LogP contribution in [0.15, 0.2) is 47.9 Å². The summed E-state index contributed by atoms with van der Waals surface area (Å²) in [6.45, 7) is 4.63. The molecule has 0 N–H and O–H groups in total. The van der Waals surface area contributed by atoms with Crippen molar-refractivity contribution in [2.75, 3.05) is 0 Å². The molecule has 0 fully saturated rings. The van der Waals surface area contributed by atoms with E-state index in [1.54, 1.807) is 10.8 Å². The Morgan fingerprint density at radius 3 is 2.60 bits per heavy atom. The van der Waals surface area contributed by atoms with Crippen LogP contribution in [0, 0.1) is 5.92 Å². The van der Waals surface area contributed by atoms with Crippen LogP contribution in [0.4, 0.5) is 0 Å². The minimum absolute atomic E-state index is 0.0116. The minimum atomic E-state index is -3.84. The first kappa shape index (κ1) is 14.7. The van der Waals surface area contributed by atoms with Gasteiger partial charge in [-0.15, -0.1) is 0 Å². The fourth-order valence-electron chi connectivity index (χ4n) is 1.83. The number of imidazole rings is 1. The lowest BCUT2D eigenvalue weighted by Crippen LogP contribution is -2.15. The molecule has 0 saturated carbocycles. The Hall–Kier alpha value is -1.66. The first-order valence-corrected chi connectivity index (χ1v) is 7.84. The fraction of sp³-hybridized carbons (Fsp3) is 0.357. The maximum Gasteiger partial charge on any atom is 0.331 e. The highest BCUT2D eigenvalue weighted by Gasteiger charge is 2.22. The van der Waals surface area contributed by atoms with E-state index in [2.05, 4.69) is 4.98 Å². The van der Waals surface area contributed by atoms with E-state index in [4.69, 9.17) is 4.18 Å².